The smallest absolute Gasteiger partial charge is 0.330 e. The molecule has 0 bridgehead atoms. The molecule has 2 N–H and O–H groups in total. The lowest BCUT2D eigenvalue weighted by Gasteiger charge is -2.12. The minimum Gasteiger partial charge on any atom is -0.330 e. The van der Waals surface area contributed by atoms with Gasteiger partial charge in [-0.2, -0.15) is 13.2 Å². The number of rotatable bonds is 9. The van der Waals surface area contributed by atoms with Gasteiger partial charge in [0.15, 0.2) is 0 Å². The van der Waals surface area contributed by atoms with Crippen LogP contribution in [0.15, 0.2) is 0 Å². The van der Waals surface area contributed by atoms with E-state index in [1.54, 1.807) is 0 Å². The molecule has 0 aromatic carbocycles. The SMILES string of the molecule is CCC(CCN)CCC(=O)CCCC(F)(F)F. The van der Waals surface area contributed by atoms with Crippen molar-refractivity contribution in [3.05, 3.63) is 0 Å². The van der Waals surface area contributed by atoms with Crippen LogP contribution in [0.2, 0.25) is 0 Å². The average Bonchev–Trinajstić information content (AvgIpc) is 2.22. The number of halogens is 3. The van der Waals surface area contributed by atoms with Gasteiger partial charge in [0.2, 0.25) is 0 Å². The minimum absolute atomic E-state index is 0.0402. The minimum atomic E-state index is -4.15. The first-order chi connectivity index (χ1) is 7.89. The number of nitrogens with two attached hydrogens (primary N) is 1. The summed E-state index contributed by atoms with van der Waals surface area (Å²) in [4.78, 5) is 11.4. The van der Waals surface area contributed by atoms with Crippen LogP contribution in [0, 0.1) is 5.92 Å². The quantitative estimate of drug-likeness (QED) is 0.684. The third-order valence-corrected chi connectivity index (χ3v) is 2.90. The first-order valence-electron chi connectivity index (χ1n) is 6.17. The molecule has 0 saturated carbocycles. The second-order valence-corrected chi connectivity index (χ2v) is 4.40. The molecule has 0 saturated heterocycles. The van der Waals surface area contributed by atoms with Crippen LogP contribution in [0.1, 0.15) is 51.9 Å². The summed E-state index contributed by atoms with van der Waals surface area (Å²) in [5.74, 6) is 0.358. The number of carbonyl (C=O) groups excluding carboxylic acids is 1. The number of Topliss-reactive ketones (excluding diaryl/α,β-unsaturated/α-hetero) is 1. The van der Waals surface area contributed by atoms with Crippen LogP contribution in [0.5, 0.6) is 0 Å². The van der Waals surface area contributed by atoms with E-state index in [0.29, 0.717) is 18.9 Å². The van der Waals surface area contributed by atoms with Crippen LogP contribution < -0.4 is 5.73 Å². The predicted octanol–water partition coefficient (Wildman–Crippen LogP) is 3.44. The molecule has 0 aliphatic carbocycles. The van der Waals surface area contributed by atoms with Gasteiger partial charge in [0.25, 0.3) is 0 Å². The van der Waals surface area contributed by atoms with E-state index < -0.39 is 12.6 Å². The Morgan fingerprint density at radius 1 is 1.24 bits per heavy atom. The fourth-order valence-electron chi connectivity index (χ4n) is 1.76. The van der Waals surface area contributed by atoms with E-state index in [2.05, 4.69) is 0 Å². The van der Waals surface area contributed by atoms with E-state index in [4.69, 9.17) is 5.73 Å². The summed E-state index contributed by atoms with van der Waals surface area (Å²) >= 11 is 0. The largest absolute Gasteiger partial charge is 0.389 e. The van der Waals surface area contributed by atoms with Gasteiger partial charge in [0.1, 0.15) is 5.78 Å². The van der Waals surface area contributed by atoms with Gasteiger partial charge in [0.05, 0.1) is 0 Å². The number of hydrogen-bond donors (Lipinski definition) is 1. The Bertz CT molecular complexity index is 216. The molecule has 0 fully saturated rings. The van der Waals surface area contributed by atoms with Gasteiger partial charge in [-0.15, -0.1) is 0 Å². The second kappa shape index (κ2) is 8.50. The van der Waals surface area contributed by atoms with Crippen LogP contribution in [-0.2, 0) is 4.79 Å². The molecular weight excluding hydrogens is 231 g/mol. The van der Waals surface area contributed by atoms with Crippen molar-refractivity contribution in [1.82, 2.24) is 0 Å². The standard InChI is InChI=1S/C12H22F3NO/c1-2-10(7-9-16)5-6-11(17)4-3-8-12(13,14)15/h10H,2-9,16H2,1H3. The van der Waals surface area contributed by atoms with Crippen LogP contribution in [0.4, 0.5) is 13.2 Å². The van der Waals surface area contributed by atoms with Crippen LogP contribution >= 0.6 is 0 Å². The summed E-state index contributed by atoms with van der Waals surface area (Å²) in [6.45, 7) is 2.63. The topological polar surface area (TPSA) is 43.1 Å². The zero-order chi connectivity index (χ0) is 13.3. The molecule has 17 heavy (non-hydrogen) atoms. The Morgan fingerprint density at radius 2 is 1.88 bits per heavy atom. The van der Waals surface area contributed by atoms with Crippen LogP contribution in [0.25, 0.3) is 0 Å². The highest BCUT2D eigenvalue weighted by atomic mass is 19.4. The zero-order valence-corrected chi connectivity index (χ0v) is 10.4. The molecule has 0 amide bonds. The van der Waals surface area contributed by atoms with Gasteiger partial charge in [-0.1, -0.05) is 13.3 Å². The Balaban J connectivity index is 3.65. The monoisotopic (exact) mass is 253 g/mol. The van der Waals surface area contributed by atoms with Gasteiger partial charge < -0.3 is 5.73 Å². The molecule has 1 unspecified atom stereocenters. The molecule has 2 nitrogen and oxygen atoms in total. The maximum atomic E-state index is 11.8. The summed E-state index contributed by atoms with van der Waals surface area (Å²) < 4.78 is 35.5. The highest BCUT2D eigenvalue weighted by molar-refractivity contribution is 5.78. The summed E-state index contributed by atoms with van der Waals surface area (Å²) in [5, 5.41) is 0. The van der Waals surface area contributed by atoms with E-state index in [1.165, 1.54) is 0 Å². The molecule has 0 aliphatic rings. The summed E-state index contributed by atoms with van der Waals surface area (Å²) in [6, 6.07) is 0. The molecule has 0 radical (unpaired) electrons. The van der Waals surface area contributed by atoms with Gasteiger partial charge in [-0.05, 0) is 31.7 Å². The number of ketones is 1. The van der Waals surface area contributed by atoms with E-state index >= 15 is 0 Å². The Kier molecular flexibility index (Phi) is 8.21. The van der Waals surface area contributed by atoms with Crippen molar-refractivity contribution in [2.45, 2.75) is 58.0 Å². The van der Waals surface area contributed by atoms with Crippen molar-refractivity contribution in [1.29, 1.82) is 0 Å². The zero-order valence-electron chi connectivity index (χ0n) is 10.4. The Labute approximate surface area is 101 Å². The summed E-state index contributed by atoms with van der Waals surface area (Å²) in [5.41, 5.74) is 5.43. The molecule has 0 aromatic heterocycles. The lowest BCUT2D eigenvalue weighted by atomic mass is 9.94. The Hall–Kier alpha value is -0.580. The van der Waals surface area contributed by atoms with E-state index in [1.807, 2.05) is 6.92 Å². The highest BCUT2D eigenvalue weighted by Crippen LogP contribution is 2.23. The fourth-order valence-corrected chi connectivity index (χ4v) is 1.76. The molecule has 5 heteroatoms. The summed E-state index contributed by atoms with van der Waals surface area (Å²) in [7, 11) is 0. The predicted molar refractivity (Wildman–Crippen MR) is 61.6 cm³/mol. The molecule has 0 heterocycles. The van der Waals surface area contributed by atoms with Crippen molar-refractivity contribution in [2.24, 2.45) is 11.7 Å². The number of carbonyl (C=O) groups is 1. The molecule has 1 atom stereocenters. The van der Waals surface area contributed by atoms with Crippen molar-refractivity contribution < 1.29 is 18.0 Å². The number of alkyl halides is 3. The average molecular weight is 253 g/mol. The highest BCUT2D eigenvalue weighted by Gasteiger charge is 2.26. The van der Waals surface area contributed by atoms with Gasteiger partial charge in [-0.3, -0.25) is 4.79 Å². The third kappa shape index (κ3) is 10.3. The molecule has 0 aromatic rings. The van der Waals surface area contributed by atoms with E-state index in [9.17, 15) is 18.0 Å². The van der Waals surface area contributed by atoms with Gasteiger partial charge in [0, 0.05) is 19.3 Å². The summed E-state index contributed by atoms with van der Waals surface area (Å²) in [6.07, 6.45) is -2.08. The van der Waals surface area contributed by atoms with Crippen molar-refractivity contribution in [3.8, 4) is 0 Å². The van der Waals surface area contributed by atoms with Gasteiger partial charge >= 0.3 is 6.18 Å². The third-order valence-electron chi connectivity index (χ3n) is 2.90. The normalized spacial score (nSPS) is 13.7. The first-order valence-corrected chi connectivity index (χ1v) is 6.17. The molecule has 0 spiro atoms. The second-order valence-electron chi connectivity index (χ2n) is 4.40. The maximum absolute atomic E-state index is 11.8. The fraction of sp³-hybridized carbons (Fsp3) is 0.917. The van der Waals surface area contributed by atoms with E-state index in [0.717, 1.165) is 19.3 Å². The van der Waals surface area contributed by atoms with Crippen molar-refractivity contribution >= 4 is 5.78 Å². The molecule has 102 valence electrons. The lowest BCUT2D eigenvalue weighted by Crippen LogP contribution is -2.11. The lowest BCUT2D eigenvalue weighted by molar-refractivity contribution is -0.137. The molecule has 0 aliphatic heterocycles. The molecule has 0 rings (SSSR count). The van der Waals surface area contributed by atoms with E-state index in [-0.39, 0.29) is 18.6 Å². The van der Waals surface area contributed by atoms with Gasteiger partial charge in [-0.25, -0.2) is 0 Å². The number of hydrogen-bond acceptors (Lipinski definition) is 2. The Morgan fingerprint density at radius 3 is 2.35 bits per heavy atom. The van der Waals surface area contributed by atoms with Crippen LogP contribution in [0.3, 0.4) is 0 Å². The van der Waals surface area contributed by atoms with Crippen molar-refractivity contribution in [3.63, 3.8) is 0 Å². The van der Waals surface area contributed by atoms with Crippen LogP contribution in [-0.4, -0.2) is 18.5 Å². The first kappa shape index (κ1) is 16.4. The van der Waals surface area contributed by atoms with Crippen molar-refractivity contribution in [2.75, 3.05) is 6.54 Å². The molecular formula is C12H22F3NO. The maximum Gasteiger partial charge on any atom is 0.389 e.